The molecule has 1 aliphatic heterocycles. The highest BCUT2D eigenvalue weighted by Crippen LogP contribution is 2.25. The van der Waals surface area contributed by atoms with Crippen molar-refractivity contribution >= 4 is 27.7 Å². The maximum absolute atomic E-state index is 11.4. The van der Waals surface area contributed by atoms with Crippen LogP contribution in [0.1, 0.15) is 13.3 Å². The number of hydrogen-bond donors (Lipinski definition) is 2. The van der Waals surface area contributed by atoms with E-state index in [1.807, 2.05) is 17.8 Å². The number of sulfonamides is 1. The molecule has 0 spiro atoms. The Kier molecular flexibility index (Phi) is 8.05. The van der Waals surface area contributed by atoms with Gasteiger partial charge in [-0.15, -0.1) is 11.8 Å². The number of rotatable bonds is 8. The van der Waals surface area contributed by atoms with E-state index >= 15 is 0 Å². The Morgan fingerprint density at radius 2 is 2.08 bits per heavy atom. The number of likely N-dealkylation sites (tertiary alicyclic amines) is 1. The molecule has 140 valence electrons. The van der Waals surface area contributed by atoms with Crippen molar-refractivity contribution < 1.29 is 8.42 Å². The van der Waals surface area contributed by atoms with Crippen LogP contribution in [0.3, 0.4) is 0 Å². The summed E-state index contributed by atoms with van der Waals surface area (Å²) in [6.45, 7) is 4.51. The lowest BCUT2D eigenvalue weighted by molar-refractivity contribution is 0.474. The van der Waals surface area contributed by atoms with Crippen molar-refractivity contribution in [2.75, 3.05) is 44.7 Å². The van der Waals surface area contributed by atoms with Gasteiger partial charge < -0.3 is 10.2 Å². The van der Waals surface area contributed by atoms with Crippen molar-refractivity contribution in [1.82, 2.24) is 14.9 Å². The van der Waals surface area contributed by atoms with Crippen LogP contribution in [0.4, 0.5) is 0 Å². The van der Waals surface area contributed by atoms with Crippen LogP contribution in [0, 0.1) is 5.92 Å². The maximum atomic E-state index is 11.4. The highest BCUT2D eigenvalue weighted by molar-refractivity contribution is 7.99. The van der Waals surface area contributed by atoms with Gasteiger partial charge in [-0.05, 0) is 31.4 Å². The minimum Gasteiger partial charge on any atom is -0.355 e. The predicted molar refractivity (Wildman–Crippen MR) is 106 cm³/mol. The third-order valence-corrected chi connectivity index (χ3v) is 6.78. The summed E-state index contributed by atoms with van der Waals surface area (Å²) >= 11 is 1.90. The van der Waals surface area contributed by atoms with Crippen LogP contribution in [0.25, 0.3) is 0 Å². The number of thioether (sulfide) groups is 1. The van der Waals surface area contributed by atoms with E-state index in [9.17, 15) is 8.42 Å². The van der Waals surface area contributed by atoms with E-state index in [4.69, 9.17) is 0 Å². The standard InChI is InChI=1S/C17H28N4O2S2/c1-3-25(22,23)20-11-10-19-17(18-2)21-12-9-15(13-21)14-24-16-7-5-4-6-8-16/h4-8,15,20H,3,9-14H2,1-2H3,(H,18,19). The van der Waals surface area contributed by atoms with E-state index in [1.54, 1.807) is 14.0 Å². The Morgan fingerprint density at radius 1 is 1.32 bits per heavy atom. The van der Waals surface area contributed by atoms with E-state index in [0.717, 1.165) is 31.2 Å². The van der Waals surface area contributed by atoms with Gasteiger partial charge in [0.15, 0.2) is 5.96 Å². The van der Waals surface area contributed by atoms with Crippen molar-refractivity contribution in [1.29, 1.82) is 0 Å². The summed E-state index contributed by atoms with van der Waals surface area (Å²) in [6, 6.07) is 10.5. The molecule has 0 aliphatic carbocycles. The van der Waals surface area contributed by atoms with Crippen LogP contribution in [0.2, 0.25) is 0 Å². The number of nitrogens with zero attached hydrogens (tertiary/aromatic N) is 2. The summed E-state index contributed by atoms with van der Waals surface area (Å²) in [6.07, 6.45) is 1.16. The molecular weight excluding hydrogens is 356 g/mol. The van der Waals surface area contributed by atoms with Crippen molar-refractivity contribution in [3.05, 3.63) is 30.3 Å². The van der Waals surface area contributed by atoms with Crippen LogP contribution in [-0.4, -0.2) is 64.0 Å². The maximum Gasteiger partial charge on any atom is 0.211 e. The zero-order valence-electron chi connectivity index (χ0n) is 14.9. The molecule has 2 rings (SSSR count). The Labute approximate surface area is 155 Å². The summed E-state index contributed by atoms with van der Waals surface area (Å²) < 4.78 is 25.4. The summed E-state index contributed by atoms with van der Waals surface area (Å²) in [5, 5.41) is 3.24. The lowest BCUT2D eigenvalue weighted by Crippen LogP contribution is -2.43. The summed E-state index contributed by atoms with van der Waals surface area (Å²) in [4.78, 5) is 7.89. The molecule has 0 radical (unpaired) electrons. The molecule has 0 saturated carbocycles. The largest absolute Gasteiger partial charge is 0.355 e. The van der Waals surface area contributed by atoms with Crippen molar-refractivity contribution in [2.24, 2.45) is 10.9 Å². The topological polar surface area (TPSA) is 73.8 Å². The molecule has 1 unspecified atom stereocenters. The molecule has 0 amide bonds. The van der Waals surface area contributed by atoms with Gasteiger partial charge in [-0.25, -0.2) is 13.1 Å². The van der Waals surface area contributed by atoms with Gasteiger partial charge in [0.05, 0.1) is 5.75 Å². The van der Waals surface area contributed by atoms with Crippen LogP contribution < -0.4 is 10.0 Å². The minimum atomic E-state index is -3.13. The Balaban J connectivity index is 1.71. The normalized spacial score (nSPS) is 18.6. The average molecular weight is 385 g/mol. The van der Waals surface area contributed by atoms with Crippen molar-refractivity contribution in [3.8, 4) is 0 Å². The minimum absolute atomic E-state index is 0.106. The highest BCUT2D eigenvalue weighted by Gasteiger charge is 2.24. The molecule has 1 aromatic rings. The Morgan fingerprint density at radius 3 is 2.76 bits per heavy atom. The van der Waals surface area contributed by atoms with Gasteiger partial charge in [0.1, 0.15) is 0 Å². The number of aliphatic imine (C=N–C) groups is 1. The molecule has 25 heavy (non-hydrogen) atoms. The molecule has 0 bridgehead atoms. The van der Waals surface area contributed by atoms with Gasteiger partial charge in [-0.3, -0.25) is 4.99 Å². The van der Waals surface area contributed by atoms with Gasteiger partial charge >= 0.3 is 0 Å². The van der Waals surface area contributed by atoms with Crippen molar-refractivity contribution in [2.45, 2.75) is 18.2 Å². The molecule has 1 heterocycles. The molecule has 6 nitrogen and oxygen atoms in total. The second-order valence-electron chi connectivity index (χ2n) is 6.00. The smallest absolute Gasteiger partial charge is 0.211 e. The predicted octanol–water partition coefficient (Wildman–Crippen LogP) is 1.62. The molecule has 1 saturated heterocycles. The van der Waals surface area contributed by atoms with E-state index in [-0.39, 0.29) is 5.75 Å². The first-order valence-corrected chi connectivity index (χ1v) is 11.3. The van der Waals surface area contributed by atoms with Crippen molar-refractivity contribution in [3.63, 3.8) is 0 Å². The zero-order chi connectivity index (χ0) is 18.1. The number of nitrogens with one attached hydrogen (secondary N) is 2. The quantitative estimate of drug-likeness (QED) is 0.308. The fourth-order valence-electron chi connectivity index (χ4n) is 2.71. The third kappa shape index (κ3) is 6.87. The molecule has 1 fully saturated rings. The average Bonchev–Trinajstić information content (AvgIpc) is 3.10. The van der Waals surface area contributed by atoms with Gasteiger partial charge in [0, 0.05) is 43.9 Å². The molecule has 1 atom stereocenters. The Bertz CT molecular complexity index is 650. The van der Waals surface area contributed by atoms with Gasteiger partial charge in [-0.1, -0.05) is 18.2 Å². The second kappa shape index (κ2) is 10.0. The molecule has 1 aromatic carbocycles. The van der Waals surface area contributed by atoms with E-state index < -0.39 is 10.0 Å². The Hall–Kier alpha value is -1.25. The monoisotopic (exact) mass is 384 g/mol. The highest BCUT2D eigenvalue weighted by atomic mass is 32.2. The summed E-state index contributed by atoms with van der Waals surface area (Å²) in [5.41, 5.74) is 0. The van der Waals surface area contributed by atoms with Gasteiger partial charge in [-0.2, -0.15) is 0 Å². The number of guanidine groups is 1. The molecule has 0 aromatic heterocycles. The van der Waals surface area contributed by atoms with E-state index in [0.29, 0.717) is 19.0 Å². The van der Waals surface area contributed by atoms with Crippen LogP contribution in [-0.2, 0) is 10.0 Å². The summed E-state index contributed by atoms with van der Waals surface area (Å²) in [5.74, 6) is 2.70. The third-order valence-electron chi connectivity index (χ3n) is 4.14. The SMILES string of the molecule is CCS(=O)(=O)NCCNC(=NC)N1CCC(CSc2ccccc2)C1. The lowest BCUT2D eigenvalue weighted by atomic mass is 10.2. The second-order valence-corrected chi connectivity index (χ2v) is 9.19. The van der Waals surface area contributed by atoms with Gasteiger partial charge in [0.2, 0.25) is 10.0 Å². The fourth-order valence-corrected chi connectivity index (χ4v) is 4.37. The first-order chi connectivity index (χ1) is 12.0. The first kappa shape index (κ1) is 20.1. The van der Waals surface area contributed by atoms with Crippen LogP contribution >= 0.6 is 11.8 Å². The fraction of sp³-hybridized carbons (Fsp3) is 0.588. The zero-order valence-corrected chi connectivity index (χ0v) is 16.6. The molecule has 8 heteroatoms. The summed E-state index contributed by atoms with van der Waals surface area (Å²) in [7, 11) is -1.36. The molecule has 1 aliphatic rings. The van der Waals surface area contributed by atoms with Crippen LogP contribution in [0.5, 0.6) is 0 Å². The molecule has 2 N–H and O–H groups in total. The van der Waals surface area contributed by atoms with Crippen LogP contribution in [0.15, 0.2) is 40.2 Å². The molecular formula is C17H28N4O2S2. The number of benzene rings is 1. The first-order valence-electron chi connectivity index (χ1n) is 8.65. The van der Waals surface area contributed by atoms with E-state index in [2.05, 4.69) is 44.2 Å². The van der Waals surface area contributed by atoms with E-state index in [1.165, 1.54) is 4.90 Å². The lowest BCUT2D eigenvalue weighted by Gasteiger charge is -2.21. The van der Waals surface area contributed by atoms with Gasteiger partial charge in [0.25, 0.3) is 0 Å². The number of hydrogen-bond acceptors (Lipinski definition) is 4.